The molecular formula is C20H25NO3. The average molecular weight is 327 g/mol. The fourth-order valence-corrected chi connectivity index (χ4v) is 2.81. The number of hydrogen-bond acceptors (Lipinski definition) is 3. The third kappa shape index (κ3) is 4.22. The Morgan fingerprint density at radius 3 is 2.38 bits per heavy atom. The Morgan fingerprint density at radius 2 is 1.83 bits per heavy atom. The molecule has 0 saturated carbocycles. The Bertz CT molecular complexity index is 667. The molecular weight excluding hydrogens is 302 g/mol. The van der Waals surface area contributed by atoms with Crippen LogP contribution < -0.4 is 0 Å². The lowest BCUT2D eigenvalue weighted by Gasteiger charge is -2.31. The van der Waals surface area contributed by atoms with Crippen molar-refractivity contribution >= 4 is 5.91 Å². The van der Waals surface area contributed by atoms with Crippen LogP contribution in [0.3, 0.4) is 0 Å². The Morgan fingerprint density at radius 1 is 1.12 bits per heavy atom. The number of aryl methyl sites for hydroxylation is 2. The van der Waals surface area contributed by atoms with Gasteiger partial charge in [0.05, 0.1) is 19.3 Å². The number of carbonyl (C=O) groups is 1. The molecule has 0 aliphatic rings. The fourth-order valence-electron chi connectivity index (χ4n) is 2.81. The van der Waals surface area contributed by atoms with E-state index in [2.05, 4.69) is 6.92 Å². The van der Waals surface area contributed by atoms with Crippen LogP contribution in [-0.4, -0.2) is 40.8 Å². The molecule has 4 nitrogen and oxygen atoms in total. The molecule has 1 amide bonds. The van der Waals surface area contributed by atoms with Crippen LogP contribution >= 0.6 is 0 Å². The van der Waals surface area contributed by atoms with Crippen molar-refractivity contribution in [3.8, 4) is 0 Å². The van der Waals surface area contributed by atoms with E-state index in [4.69, 9.17) is 0 Å². The molecule has 0 aliphatic carbocycles. The van der Waals surface area contributed by atoms with Gasteiger partial charge < -0.3 is 15.1 Å². The summed E-state index contributed by atoms with van der Waals surface area (Å²) in [5.41, 5.74) is 3.63. The predicted octanol–water partition coefficient (Wildman–Crippen LogP) is 2.73. The predicted molar refractivity (Wildman–Crippen MR) is 94.9 cm³/mol. The van der Waals surface area contributed by atoms with Gasteiger partial charge in [-0.05, 0) is 36.6 Å². The summed E-state index contributed by atoms with van der Waals surface area (Å²) in [6, 6.07) is 14.8. The van der Waals surface area contributed by atoms with E-state index >= 15 is 0 Å². The van der Waals surface area contributed by atoms with Crippen LogP contribution in [0.5, 0.6) is 0 Å². The highest BCUT2D eigenvalue weighted by Gasteiger charge is 2.25. The summed E-state index contributed by atoms with van der Waals surface area (Å²) in [6.07, 6.45) is 0.937. The SMILES string of the molecule is CCc1ccc(C(CO)N(CCO)C(=O)c2cccc(C)c2)cc1. The number of hydrogen-bond donors (Lipinski definition) is 2. The van der Waals surface area contributed by atoms with Gasteiger partial charge >= 0.3 is 0 Å². The van der Waals surface area contributed by atoms with E-state index in [1.165, 1.54) is 10.5 Å². The van der Waals surface area contributed by atoms with Gasteiger partial charge in [0, 0.05) is 12.1 Å². The molecule has 24 heavy (non-hydrogen) atoms. The van der Waals surface area contributed by atoms with Crippen molar-refractivity contribution in [2.24, 2.45) is 0 Å². The summed E-state index contributed by atoms with van der Waals surface area (Å²) in [6.45, 7) is 3.84. The van der Waals surface area contributed by atoms with Crippen LogP contribution in [-0.2, 0) is 6.42 Å². The number of aliphatic hydroxyl groups excluding tert-OH is 2. The Balaban J connectivity index is 2.33. The third-order valence-corrected chi connectivity index (χ3v) is 4.19. The van der Waals surface area contributed by atoms with Crippen LogP contribution in [0, 0.1) is 6.92 Å². The standard InChI is InChI=1S/C20H25NO3/c1-3-16-7-9-17(10-8-16)19(14-23)21(11-12-22)20(24)18-6-4-5-15(2)13-18/h4-10,13,19,22-23H,3,11-12,14H2,1-2H3. The van der Waals surface area contributed by atoms with Gasteiger partial charge in [-0.25, -0.2) is 0 Å². The molecule has 2 aromatic rings. The molecule has 1 atom stereocenters. The zero-order valence-corrected chi connectivity index (χ0v) is 14.3. The van der Waals surface area contributed by atoms with E-state index in [0.29, 0.717) is 5.56 Å². The highest BCUT2D eigenvalue weighted by Crippen LogP contribution is 2.23. The maximum Gasteiger partial charge on any atom is 0.254 e. The summed E-state index contributed by atoms with van der Waals surface area (Å²) in [4.78, 5) is 14.4. The average Bonchev–Trinajstić information content (AvgIpc) is 2.61. The van der Waals surface area contributed by atoms with Crippen molar-refractivity contribution < 1.29 is 15.0 Å². The highest BCUT2D eigenvalue weighted by molar-refractivity contribution is 5.94. The van der Waals surface area contributed by atoms with Crippen molar-refractivity contribution in [1.29, 1.82) is 0 Å². The number of nitrogens with zero attached hydrogens (tertiary/aromatic N) is 1. The molecule has 2 aromatic carbocycles. The first-order valence-electron chi connectivity index (χ1n) is 8.28. The Labute approximate surface area is 143 Å². The molecule has 0 radical (unpaired) electrons. The second kappa shape index (κ2) is 8.62. The van der Waals surface area contributed by atoms with E-state index in [9.17, 15) is 15.0 Å². The van der Waals surface area contributed by atoms with Gasteiger partial charge in [-0.2, -0.15) is 0 Å². The zero-order valence-electron chi connectivity index (χ0n) is 14.3. The number of amides is 1. The number of benzene rings is 2. The molecule has 2 rings (SSSR count). The molecule has 4 heteroatoms. The maximum absolute atomic E-state index is 12.9. The minimum atomic E-state index is -0.476. The molecule has 0 aliphatic heterocycles. The quantitative estimate of drug-likeness (QED) is 0.822. The van der Waals surface area contributed by atoms with E-state index in [-0.39, 0.29) is 25.7 Å². The molecule has 0 heterocycles. The van der Waals surface area contributed by atoms with E-state index < -0.39 is 6.04 Å². The van der Waals surface area contributed by atoms with E-state index in [0.717, 1.165) is 17.5 Å². The number of carbonyl (C=O) groups excluding carboxylic acids is 1. The van der Waals surface area contributed by atoms with Crippen LogP contribution in [0.1, 0.15) is 40.0 Å². The molecule has 2 N–H and O–H groups in total. The van der Waals surface area contributed by atoms with Crippen LogP contribution in [0.15, 0.2) is 48.5 Å². The van der Waals surface area contributed by atoms with Gasteiger partial charge in [-0.3, -0.25) is 4.79 Å². The monoisotopic (exact) mass is 327 g/mol. The summed E-state index contributed by atoms with van der Waals surface area (Å²) in [7, 11) is 0. The zero-order chi connectivity index (χ0) is 17.5. The van der Waals surface area contributed by atoms with Gasteiger partial charge in [0.1, 0.15) is 0 Å². The second-order valence-corrected chi connectivity index (χ2v) is 5.89. The molecule has 128 valence electrons. The topological polar surface area (TPSA) is 60.8 Å². The van der Waals surface area contributed by atoms with Gasteiger partial charge in [0.2, 0.25) is 0 Å². The molecule has 0 spiro atoms. The van der Waals surface area contributed by atoms with E-state index in [1.807, 2.05) is 49.4 Å². The molecule has 0 saturated heterocycles. The smallest absolute Gasteiger partial charge is 0.254 e. The van der Waals surface area contributed by atoms with Gasteiger partial charge in [0.25, 0.3) is 5.91 Å². The van der Waals surface area contributed by atoms with Crippen molar-refractivity contribution in [3.05, 3.63) is 70.8 Å². The largest absolute Gasteiger partial charge is 0.395 e. The summed E-state index contributed by atoms with van der Waals surface area (Å²) in [5.74, 6) is -0.189. The second-order valence-electron chi connectivity index (χ2n) is 5.89. The maximum atomic E-state index is 12.9. The van der Waals surface area contributed by atoms with E-state index in [1.54, 1.807) is 6.07 Å². The number of rotatable bonds is 7. The van der Waals surface area contributed by atoms with Crippen molar-refractivity contribution in [3.63, 3.8) is 0 Å². The van der Waals surface area contributed by atoms with Crippen molar-refractivity contribution in [2.75, 3.05) is 19.8 Å². The van der Waals surface area contributed by atoms with Gasteiger partial charge in [-0.1, -0.05) is 48.9 Å². The summed E-state index contributed by atoms with van der Waals surface area (Å²) < 4.78 is 0. The summed E-state index contributed by atoms with van der Waals surface area (Å²) >= 11 is 0. The fraction of sp³-hybridized carbons (Fsp3) is 0.350. The molecule has 1 unspecified atom stereocenters. The third-order valence-electron chi connectivity index (χ3n) is 4.19. The molecule has 0 aromatic heterocycles. The molecule has 0 bridgehead atoms. The minimum Gasteiger partial charge on any atom is -0.395 e. The lowest BCUT2D eigenvalue weighted by Crippen LogP contribution is -2.38. The first-order valence-corrected chi connectivity index (χ1v) is 8.28. The van der Waals surface area contributed by atoms with Gasteiger partial charge in [-0.15, -0.1) is 0 Å². The Hall–Kier alpha value is -2.17. The summed E-state index contributed by atoms with van der Waals surface area (Å²) in [5, 5.41) is 19.3. The highest BCUT2D eigenvalue weighted by atomic mass is 16.3. The first kappa shape index (κ1) is 18.2. The van der Waals surface area contributed by atoms with Crippen LogP contribution in [0.2, 0.25) is 0 Å². The van der Waals surface area contributed by atoms with Crippen molar-refractivity contribution in [1.82, 2.24) is 4.90 Å². The normalized spacial score (nSPS) is 12.0. The van der Waals surface area contributed by atoms with Crippen molar-refractivity contribution in [2.45, 2.75) is 26.3 Å². The van der Waals surface area contributed by atoms with Gasteiger partial charge in [0.15, 0.2) is 0 Å². The van der Waals surface area contributed by atoms with Crippen LogP contribution in [0.25, 0.3) is 0 Å². The lowest BCUT2D eigenvalue weighted by atomic mass is 10.0. The minimum absolute atomic E-state index is 0.152. The van der Waals surface area contributed by atoms with Crippen LogP contribution in [0.4, 0.5) is 0 Å². The molecule has 0 fully saturated rings. The first-order chi connectivity index (χ1) is 11.6. The number of aliphatic hydroxyl groups is 2. The Kier molecular flexibility index (Phi) is 6.53. The lowest BCUT2D eigenvalue weighted by molar-refractivity contribution is 0.0538.